The van der Waals surface area contributed by atoms with Gasteiger partial charge in [0, 0.05) is 12.0 Å². The number of nitriles is 1. The Balaban J connectivity index is 1.99. The van der Waals surface area contributed by atoms with Gasteiger partial charge in [0.15, 0.2) is 0 Å². The molecule has 0 radical (unpaired) electrons. The summed E-state index contributed by atoms with van der Waals surface area (Å²) in [6, 6.07) is 16.4. The van der Waals surface area contributed by atoms with Crippen molar-refractivity contribution in [1.82, 2.24) is 0 Å². The monoisotopic (exact) mass is 283 g/mol. The third kappa shape index (κ3) is 3.82. The van der Waals surface area contributed by atoms with Crippen LogP contribution in [-0.2, 0) is 6.42 Å². The van der Waals surface area contributed by atoms with E-state index in [4.69, 9.17) is 4.74 Å². The number of hydrogen-bond acceptors (Lipinski definition) is 2. The molecule has 0 spiro atoms. The van der Waals surface area contributed by atoms with E-state index < -0.39 is 5.92 Å². The maximum atomic E-state index is 13.7. The lowest BCUT2D eigenvalue weighted by molar-refractivity contribution is 0.302. The third-order valence-electron chi connectivity index (χ3n) is 3.45. The summed E-state index contributed by atoms with van der Waals surface area (Å²) in [5.74, 6) is 0.0169. The number of para-hydroxylation sites is 1. The molecule has 0 aliphatic heterocycles. The number of benzene rings is 2. The predicted molar refractivity (Wildman–Crippen MR) is 80.7 cm³/mol. The summed E-state index contributed by atoms with van der Waals surface area (Å²) < 4.78 is 19.5. The molecule has 2 rings (SSSR count). The first-order valence-electron chi connectivity index (χ1n) is 7.11. The highest BCUT2D eigenvalue weighted by Gasteiger charge is 2.15. The van der Waals surface area contributed by atoms with Gasteiger partial charge in [-0.3, -0.25) is 0 Å². The minimum Gasteiger partial charge on any atom is -0.493 e. The fourth-order valence-corrected chi connectivity index (χ4v) is 2.27. The van der Waals surface area contributed by atoms with E-state index in [1.807, 2.05) is 24.3 Å². The molecule has 0 aromatic heterocycles. The Morgan fingerprint density at radius 3 is 2.57 bits per heavy atom. The number of halogens is 1. The van der Waals surface area contributed by atoms with Crippen LogP contribution in [0.2, 0.25) is 0 Å². The topological polar surface area (TPSA) is 33.0 Å². The van der Waals surface area contributed by atoms with Crippen LogP contribution in [-0.4, -0.2) is 6.61 Å². The number of nitrogens with zero attached hydrogens (tertiary/aromatic N) is 1. The van der Waals surface area contributed by atoms with Crippen LogP contribution in [0.1, 0.15) is 30.4 Å². The molecule has 0 bridgehead atoms. The van der Waals surface area contributed by atoms with Gasteiger partial charge in [0.25, 0.3) is 0 Å². The van der Waals surface area contributed by atoms with Gasteiger partial charge >= 0.3 is 0 Å². The van der Waals surface area contributed by atoms with Gasteiger partial charge in [0.05, 0.1) is 18.6 Å². The molecule has 0 heterocycles. The van der Waals surface area contributed by atoms with Crippen molar-refractivity contribution >= 4 is 0 Å². The van der Waals surface area contributed by atoms with Crippen LogP contribution in [0.15, 0.2) is 48.5 Å². The molecule has 2 nitrogen and oxygen atoms in total. The zero-order valence-corrected chi connectivity index (χ0v) is 12.1. The van der Waals surface area contributed by atoms with Gasteiger partial charge in [0.1, 0.15) is 11.6 Å². The van der Waals surface area contributed by atoms with Gasteiger partial charge in [-0.05, 0) is 24.1 Å². The average molecular weight is 283 g/mol. The van der Waals surface area contributed by atoms with Crippen LogP contribution in [0, 0.1) is 17.1 Å². The van der Waals surface area contributed by atoms with Crippen molar-refractivity contribution < 1.29 is 9.13 Å². The summed E-state index contributed by atoms with van der Waals surface area (Å²) in [5, 5.41) is 9.23. The molecular formula is C18H18FNO. The van der Waals surface area contributed by atoms with E-state index in [9.17, 15) is 9.65 Å². The Morgan fingerprint density at radius 2 is 1.86 bits per heavy atom. The lowest BCUT2D eigenvalue weighted by Gasteiger charge is -2.13. The molecule has 0 aliphatic carbocycles. The average Bonchev–Trinajstić information content (AvgIpc) is 2.53. The molecular weight excluding hydrogens is 265 g/mol. The van der Waals surface area contributed by atoms with Crippen molar-refractivity contribution in [3.63, 3.8) is 0 Å². The second-order valence-corrected chi connectivity index (χ2v) is 4.80. The van der Waals surface area contributed by atoms with E-state index in [2.05, 4.69) is 13.0 Å². The van der Waals surface area contributed by atoms with Crippen LogP contribution in [0.5, 0.6) is 5.75 Å². The molecule has 3 heteroatoms. The Hall–Kier alpha value is -2.34. The van der Waals surface area contributed by atoms with Gasteiger partial charge in [0.2, 0.25) is 0 Å². The number of hydrogen-bond donors (Lipinski definition) is 0. The van der Waals surface area contributed by atoms with Gasteiger partial charge in [-0.25, -0.2) is 4.39 Å². The first-order chi connectivity index (χ1) is 10.3. The zero-order chi connectivity index (χ0) is 15.1. The molecule has 0 saturated carbocycles. The molecule has 0 saturated heterocycles. The van der Waals surface area contributed by atoms with Crippen molar-refractivity contribution in [3.8, 4) is 11.8 Å². The molecule has 0 fully saturated rings. The Labute approximate surface area is 124 Å². The SMILES string of the molecule is CCc1ccccc1OCCC(C#N)c1ccccc1F. The molecule has 2 aromatic carbocycles. The second-order valence-electron chi connectivity index (χ2n) is 4.80. The molecule has 0 aliphatic rings. The molecule has 108 valence electrons. The standard InChI is InChI=1S/C18H18FNO/c1-2-14-7-3-6-10-18(14)21-12-11-15(13-20)16-8-4-5-9-17(16)19/h3-10,15H,2,11-12H2,1H3. The Kier molecular flexibility index (Phi) is 5.34. The number of ether oxygens (including phenoxy) is 1. The summed E-state index contributed by atoms with van der Waals surface area (Å²) in [6.07, 6.45) is 1.36. The van der Waals surface area contributed by atoms with Crippen molar-refractivity contribution in [2.75, 3.05) is 6.61 Å². The van der Waals surface area contributed by atoms with E-state index in [-0.39, 0.29) is 5.82 Å². The van der Waals surface area contributed by atoms with E-state index >= 15 is 0 Å². The minimum absolute atomic E-state index is 0.335. The first-order valence-corrected chi connectivity index (χ1v) is 7.11. The maximum Gasteiger partial charge on any atom is 0.127 e. The Morgan fingerprint density at radius 1 is 1.14 bits per heavy atom. The van der Waals surface area contributed by atoms with Gasteiger partial charge < -0.3 is 4.74 Å². The van der Waals surface area contributed by atoms with Crippen LogP contribution in [0.25, 0.3) is 0 Å². The summed E-state index contributed by atoms with van der Waals surface area (Å²) in [7, 11) is 0. The largest absolute Gasteiger partial charge is 0.493 e. The fourth-order valence-electron chi connectivity index (χ4n) is 2.27. The van der Waals surface area contributed by atoms with Crippen LogP contribution in [0.4, 0.5) is 4.39 Å². The summed E-state index contributed by atoms with van der Waals surface area (Å²) in [5.41, 5.74) is 1.57. The lowest BCUT2D eigenvalue weighted by atomic mass is 9.97. The van der Waals surface area contributed by atoms with Crippen molar-refractivity contribution in [3.05, 3.63) is 65.5 Å². The maximum absolute atomic E-state index is 13.7. The lowest BCUT2D eigenvalue weighted by Crippen LogP contribution is -2.07. The van der Waals surface area contributed by atoms with E-state index in [0.717, 1.165) is 17.7 Å². The number of rotatable bonds is 6. The molecule has 21 heavy (non-hydrogen) atoms. The normalized spacial score (nSPS) is 11.7. The van der Waals surface area contributed by atoms with Crippen LogP contribution in [0.3, 0.4) is 0 Å². The molecule has 2 aromatic rings. The van der Waals surface area contributed by atoms with Crippen molar-refractivity contribution in [2.24, 2.45) is 0 Å². The molecule has 1 unspecified atom stereocenters. The molecule has 0 amide bonds. The minimum atomic E-state index is -0.486. The van der Waals surface area contributed by atoms with Crippen LogP contribution < -0.4 is 4.74 Å². The van der Waals surface area contributed by atoms with Gasteiger partial charge in [-0.1, -0.05) is 43.3 Å². The second kappa shape index (κ2) is 7.44. The molecule has 1 atom stereocenters. The first kappa shape index (κ1) is 15.1. The van der Waals surface area contributed by atoms with Crippen LogP contribution >= 0.6 is 0 Å². The highest BCUT2D eigenvalue weighted by molar-refractivity contribution is 5.33. The Bertz CT molecular complexity index is 633. The van der Waals surface area contributed by atoms with E-state index in [1.165, 1.54) is 6.07 Å². The van der Waals surface area contributed by atoms with Crippen molar-refractivity contribution in [2.45, 2.75) is 25.7 Å². The van der Waals surface area contributed by atoms with E-state index in [1.54, 1.807) is 18.2 Å². The summed E-state index contributed by atoms with van der Waals surface area (Å²) in [4.78, 5) is 0. The smallest absolute Gasteiger partial charge is 0.127 e. The molecule has 0 N–H and O–H groups in total. The summed E-state index contributed by atoms with van der Waals surface area (Å²) in [6.45, 7) is 2.46. The quantitative estimate of drug-likeness (QED) is 0.784. The highest BCUT2D eigenvalue weighted by Crippen LogP contribution is 2.23. The van der Waals surface area contributed by atoms with Crippen molar-refractivity contribution in [1.29, 1.82) is 5.26 Å². The highest BCUT2D eigenvalue weighted by atomic mass is 19.1. The van der Waals surface area contributed by atoms with E-state index in [0.29, 0.717) is 18.6 Å². The van der Waals surface area contributed by atoms with Gasteiger partial charge in [-0.2, -0.15) is 5.26 Å². The number of aryl methyl sites for hydroxylation is 1. The fraction of sp³-hybridized carbons (Fsp3) is 0.278. The summed E-state index contributed by atoms with van der Waals surface area (Å²) >= 11 is 0. The van der Waals surface area contributed by atoms with Gasteiger partial charge in [-0.15, -0.1) is 0 Å². The zero-order valence-electron chi connectivity index (χ0n) is 12.1. The third-order valence-corrected chi connectivity index (χ3v) is 3.45. The predicted octanol–water partition coefficient (Wildman–Crippen LogP) is 4.46.